The Bertz CT molecular complexity index is 1120. The molecule has 0 aromatic heterocycles. The van der Waals surface area contributed by atoms with Gasteiger partial charge in [-0.2, -0.15) is 4.31 Å². The molecule has 0 N–H and O–H groups in total. The molecule has 0 bridgehead atoms. The van der Waals surface area contributed by atoms with Crippen molar-refractivity contribution < 1.29 is 22.3 Å². The van der Waals surface area contributed by atoms with Gasteiger partial charge in [-0.25, -0.2) is 12.8 Å². The predicted octanol–water partition coefficient (Wildman–Crippen LogP) is 4.13. The number of ether oxygens (including phenoxy) is 2. The van der Waals surface area contributed by atoms with Crippen LogP contribution in [0.1, 0.15) is 16.7 Å². The van der Waals surface area contributed by atoms with E-state index in [1.165, 1.54) is 16.4 Å². The maximum Gasteiger partial charge on any atom is 0.243 e. The molecule has 0 aliphatic carbocycles. The highest BCUT2D eigenvalue weighted by Gasteiger charge is 2.27. The molecule has 0 atom stereocenters. The van der Waals surface area contributed by atoms with E-state index in [1.54, 1.807) is 42.5 Å². The summed E-state index contributed by atoms with van der Waals surface area (Å²) >= 11 is 0. The molecule has 3 aromatic carbocycles. The van der Waals surface area contributed by atoms with Crippen LogP contribution in [0.4, 0.5) is 4.39 Å². The van der Waals surface area contributed by atoms with Gasteiger partial charge in [-0.3, -0.25) is 0 Å². The Morgan fingerprint density at radius 3 is 2.47 bits per heavy atom. The third-order valence-electron chi connectivity index (χ3n) is 4.88. The van der Waals surface area contributed by atoms with E-state index in [1.807, 2.05) is 18.2 Å². The van der Waals surface area contributed by atoms with Crippen LogP contribution in [0.5, 0.6) is 5.75 Å². The molecular weight excluding hydrogens is 405 g/mol. The first-order valence-corrected chi connectivity index (χ1v) is 11.1. The topological polar surface area (TPSA) is 55.8 Å². The summed E-state index contributed by atoms with van der Waals surface area (Å²) in [6.45, 7) is 1.41. The largest absolute Gasteiger partial charge is 0.492 e. The average Bonchev–Trinajstić information content (AvgIpc) is 2.97. The maximum absolute atomic E-state index is 13.3. The Kier molecular flexibility index (Phi) is 6.13. The van der Waals surface area contributed by atoms with E-state index < -0.39 is 10.0 Å². The van der Waals surface area contributed by atoms with Crippen molar-refractivity contribution in [3.05, 3.63) is 95.3 Å². The highest BCUT2D eigenvalue weighted by molar-refractivity contribution is 7.89. The van der Waals surface area contributed by atoms with Crippen molar-refractivity contribution in [3.8, 4) is 5.75 Å². The minimum absolute atomic E-state index is 0.226. The minimum atomic E-state index is -3.61. The Balaban J connectivity index is 1.48. The van der Waals surface area contributed by atoms with Gasteiger partial charge in [-0.05, 0) is 47.5 Å². The summed E-state index contributed by atoms with van der Waals surface area (Å²) in [6, 6.07) is 20.3. The summed E-state index contributed by atoms with van der Waals surface area (Å²) in [4.78, 5) is 0.267. The fraction of sp³-hybridized carbons (Fsp3) is 0.217. The molecule has 0 spiro atoms. The molecule has 0 saturated heterocycles. The van der Waals surface area contributed by atoms with Crippen LogP contribution in [0.2, 0.25) is 0 Å². The molecule has 1 aliphatic rings. The van der Waals surface area contributed by atoms with Crippen molar-refractivity contribution in [2.24, 2.45) is 0 Å². The van der Waals surface area contributed by atoms with Crippen molar-refractivity contribution in [3.63, 3.8) is 0 Å². The molecular formula is C23H22FNO4S. The van der Waals surface area contributed by atoms with Crippen LogP contribution in [0.25, 0.3) is 0 Å². The zero-order chi connectivity index (χ0) is 21.0. The molecule has 156 valence electrons. The fourth-order valence-corrected chi connectivity index (χ4v) is 4.80. The monoisotopic (exact) mass is 427 g/mol. The SMILES string of the molecule is O=S(=O)(c1ccccc1)N1CCOc2ccc(COCc3cccc(F)c3)cc2C1. The molecule has 7 heteroatoms. The first-order chi connectivity index (χ1) is 14.5. The van der Waals surface area contributed by atoms with Crippen molar-refractivity contribution in [1.82, 2.24) is 4.31 Å². The predicted molar refractivity (Wildman–Crippen MR) is 111 cm³/mol. The van der Waals surface area contributed by atoms with Crippen LogP contribution in [-0.4, -0.2) is 25.9 Å². The first kappa shape index (κ1) is 20.5. The first-order valence-electron chi connectivity index (χ1n) is 9.64. The molecule has 0 unspecified atom stereocenters. The van der Waals surface area contributed by atoms with E-state index in [9.17, 15) is 12.8 Å². The molecule has 0 amide bonds. The standard InChI is InChI=1S/C23H22FNO4S/c24-21-6-4-5-18(14-21)16-28-17-19-9-10-23-20(13-19)15-25(11-12-29-23)30(26,27)22-7-2-1-3-8-22/h1-10,13-14H,11-12,15-17H2. The smallest absolute Gasteiger partial charge is 0.243 e. The summed E-state index contributed by atoms with van der Waals surface area (Å²) in [5, 5.41) is 0. The second-order valence-electron chi connectivity index (χ2n) is 7.06. The van der Waals surface area contributed by atoms with Gasteiger partial charge >= 0.3 is 0 Å². The highest BCUT2D eigenvalue weighted by atomic mass is 32.2. The van der Waals surface area contributed by atoms with Gasteiger partial charge in [0.25, 0.3) is 0 Å². The normalized spacial score (nSPS) is 14.6. The second kappa shape index (κ2) is 8.95. The van der Waals surface area contributed by atoms with Gasteiger partial charge in [0, 0.05) is 18.7 Å². The van der Waals surface area contributed by atoms with E-state index in [2.05, 4.69) is 0 Å². The number of sulfonamides is 1. The molecule has 1 heterocycles. The Morgan fingerprint density at radius 1 is 0.933 bits per heavy atom. The summed E-state index contributed by atoms with van der Waals surface area (Å²) in [6.07, 6.45) is 0. The number of hydrogen-bond donors (Lipinski definition) is 0. The van der Waals surface area contributed by atoms with Gasteiger partial charge in [0.05, 0.1) is 18.1 Å². The van der Waals surface area contributed by atoms with Gasteiger partial charge in [-0.1, -0.05) is 36.4 Å². The Labute approximate surface area is 175 Å². The van der Waals surface area contributed by atoms with Gasteiger partial charge in [0.2, 0.25) is 10.0 Å². The summed E-state index contributed by atoms with van der Waals surface area (Å²) in [5.41, 5.74) is 2.44. The van der Waals surface area contributed by atoms with Gasteiger partial charge < -0.3 is 9.47 Å². The van der Waals surface area contributed by atoms with Gasteiger partial charge in [-0.15, -0.1) is 0 Å². The molecule has 3 aromatic rings. The Morgan fingerprint density at radius 2 is 1.70 bits per heavy atom. The maximum atomic E-state index is 13.3. The number of rotatable bonds is 6. The van der Waals surface area contributed by atoms with E-state index in [0.717, 1.165) is 16.7 Å². The van der Waals surface area contributed by atoms with E-state index >= 15 is 0 Å². The number of fused-ring (bicyclic) bond motifs is 1. The zero-order valence-electron chi connectivity index (χ0n) is 16.3. The number of benzene rings is 3. The van der Waals surface area contributed by atoms with Crippen LogP contribution in [0.15, 0.2) is 77.7 Å². The Hall–Kier alpha value is -2.74. The molecule has 0 saturated carbocycles. The van der Waals surface area contributed by atoms with Crippen LogP contribution in [-0.2, 0) is 34.5 Å². The average molecular weight is 427 g/mol. The third-order valence-corrected chi connectivity index (χ3v) is 6.74. The quantitative estimate of drug-likeness (QED) is 0.594. The third kappa shape index (κ3) is 4.70. The molecule has 0 fully saturated rings. The van der Waals surface area contributed by atoms with E-state index in [-0.39, 0.29) is 30.4 Å². The summed E-state index contributed by atoms with van der Waals surface area (Å²) in [7, 11) is -3.61. The van der Waals surface area contributed by atoms with Crippen LogP contribution in [0.3, 0.4) is 0 Å². The van der Waals surface area contributed by atoms with Crippen molar-refractivity contribution in [2.45, 2.75) is 24.7 Å². The minimum Gasteiger partial charge on any atom is -0.492 e. The lowest BCUT2D eigenvalue weighted by Crippen LogP contribution is -2.32. The van der Waals surface area contributed by atoms with Crippen molar-refractivity contribution in [2.75, 3.05) is 13.2 Å². The van der Waals surface area contributed by atoms with Crippen molar-refractivity contribution in [1.29, 1.82) is 0 Å². The lowest BCUT2D eigenvalue weighted by Gasteiger charge is -2.19. The zero-order valence-corrected chi connectivity index (χ0v) is 17.1. The van der Waals surface area contributed by atoms with Gasteiger partial charge in [0.1, 0.15) is 18.2 Å². The molecule has 30 heavy (non-hydrogen) atoms. The summed E-state index contributed by atoms with van der Waals surface area (Å²) in [5.74, 6) is 0.382. The highest BCUT2D eigenvalue weighted by Crippen LogP contribution is 2.28. The lowest BCUT2D eigenvalue weighted by molar-refractivity contribution is 0.107. The van der Waals surface area contributed by atoms with Crippen LogP contribution >= 0.6 is 0 Å². The molecule has 5 nitrogen and oxygen atoms in total. The summed E-state index contributed by atoms with van der Waals surface area (Å²) < 4.78 is 52.2. The van der Waals surface area contributed by atoms with E-state index in [0.29, 0.717) is 19.0 Å². The fourth-order valence-electron chi connectivity index (χ4n) is 3.37. The molecule has 1 aliphatic heterocycles. The van der Waals surface area contributed by atoms with Crippen LogP contribution < -0.4 is 4.74 Å². The lowest BCUT2D eigenvalue weighted by atomic mass is 10.1. The van der Waals surface area contributed by atoms with Crippen molar-refractivity contribution >= 4 is 10.0 Å². The molecule has 4 rings (SSSR count). The van der Waals surface area contributed by atoms with Crippen LogP contribution in [0, 0.1) is 5.82 Å². The van der Waals surface area contributed by atoms with Gasteiger partial charge in [0.15, 0.2) is 0 Å². The molecule has 0 radical (unpaired) electrons. The number of hydrogen-bond acceptors (Lipinski definition) is 4. The second-order valence-corrected chi connectivity index (χ2v) is 9.00. The number of nitrogens with zero attached hydrogens (tertiary/aromatic N) is 1. The van der Waals surface area contributed by atoms with E-state index in [4.69, 9.17) is 9.47 Å². The number of halogens is 1.